The lowest BCUT2D eigenvalue weighted by atomic mass is 9.63. The molecule has 2 aromatic rings. The van der Waals surface area contributed by atoms with Gasteiger partial charge in [0.05, 0.1) is 0 Å². The van der Waals surface area contributed by atoms with E-state index < -0.39 is 5.54 Å². The third-order valence-electron chi connectivity index (χ3n) is 6.35. The summed E-state index contributed by atoms with van der Waals surface area (Å²) in [4.78, 5) is 20.1. The fourth-order valence-corrected chi connectivity index (χ4v) is 4.97. The van der Waals surface area contributed by atoms with Crippen LogP contribution in [0, 0.1) is 5.92 Å². The van der Waals surface area contributed by atoms with E-state index in [-0.39, 0.29) is 5.56 Å². The maximum absolute atomic E-state index is 11.9. The van der Waals surface area contributed by atoms with Gasteiger partial charge < -0.3 is 4.98 Å². The summed E-state index contributed by atoms with van der Waals surface area (Å²) in [7, 11) is 0. The molecular formula is C27H30N2O. The Morgan fingerprint density at radius 2 is 1.93 bits per heavy atom. The van der Waals surface area contributed by atoms with E-state index >= 15 is 0 Å². The number of nitrogens with zero attached hydrogens (tertiary/aromatic N) is 1. The number of hydrogen-bond acceptors (Lipinski definition) is 2. The van der Waals surface area contributed by atoms with Crippen LogP contribution in [-0.4, -0.2) is 11.2 Å². The third kappa shape index (κ3) is 3.65. The molecule has 0 amide bonds. The Bertz CT molecular complexity index is 1110. The van der Waals surface area contributed by atoms with Crippen molar-refractivity contribution < 1.29 is 0 Å². The molecule has 1 heterocycles. The Morgan fingerprint density at radius 1 is 1.17 bits per heavy atom. The summed E-state index contributed by atoms with van der Waals surface area (Å²) in [5.74, 6) is 0.829. The van der Waals surface area contributed by atoms with Crippen LogP contribution in [0.4, 0.5) is 0 Å². The molecule has 0 radical (unpaired) electrons. The van der Waals surface area contributed by atoms with Crippen LogP contribution in [0.3, 0.4) is 0 Å². The zero-order chi connectivity index (χ0) is 21.3. The van der Waals surface area contributed by atoms with Gasteiger partial charge in [-0.15, -0.1) is 0 Å². The smallest absolute Gasteiger partial charge is 0.248 e. The maximum Gasteiger partial charge on any atom is 0.248 e. The summed E-state index contributed by atoms with van der Waals surface area (Å²) < 4.78 is 0. The number of H-pyrrole nitrogens is 1. The Kier molecular flexibility index (Phi) is 5.46. The first kappa shape index (κ1) is 20.3. The number of aromatic nitrogens is 1. The van der Waals surface area contributed by atoms with Crippen molar-refractivity contribution in [3.8, 4) is 0 Å². The average Bonchev–Trinajstić information content (AvgIpc) is 2.71. The summed E-state index contributed by atoms with van der Waals surface area (Å²) in [6, 6.07) is 12.3. The SMILES string of the molecule is CC=C1[C@H]2C=C(C)C[C@]1(N=CC=Cc1ccc(C(C)C)cc1)c1ccc(=O)[nH]c1C2. The molecule has 1 N–H and O–H groups in total. The molecule has 4 rings (SSSR count). The quantitative estimate of drug-likeness (QED) is 0.502. The predicted molar refractivity (Wildman–Crippen MR) is 126 cm³/mol. The summed E-state index contributed by atoms with van der Waals surface area (Å²) in [5, 5.41) is 0. The van der Waals surface area contributed by atoms with Gasteiger partial charge in [0.15, 0.2) is 0 Å². The van der Waals surface area contributed by atoms with E-state index in [1.807, 2.05) is 18.4 Å². The molecule has 0 saturated carbocycles. The fraction of sp³-hybridized carbons (Fsp3) is 0.333. The van der Waals surface area contributed by atoms with Crippen molar-refractivity contribution >= 4 is 12.3 Å². The van der Waals surface area contributed by atoms with Crippen molar-refractivity contribution in [3.63, 3.8) is 0 Å². The highest BCUT2D eigenvalue weighted by atomic mass is 16.1. The van der Waals surface area contributed by atoms with Crippen LogP contribution in [-0.2, 0) is 12.0 Å². The highest BCUT2D eigenvalue weighted by Gasteiger charge is 2.46. The summed E-state index contributed by atoms with van der Waals surface area (Å²) in [5.41, 5.74) is 6.88. The Balaban J connectivity index is 1.69. The van der Waals surface area contributed by atoms with Gasteiger partial charge in [-0.25, -0.2) is 0 Å². The highest BCUT2D eigenvalue weighted by Crippen LogP contribution is 2.51. The number of aliphatic imine (C=N–C) groups is 1. The van der Waals surface area contributed by atoms with E-state index in [9.17, 15) is 4.79 Å². The highest BCUT2D eigenvalue weighted by molar-refractivity contribution is 5.79. The normalized spacial score (nSPS) is 24.6. The summed E-state index contributed by atoms with van der Waals surface area (Å²) in [6.45, 7) is 8.70. The van der Waals surface area contributed by atoms with Crippen LogP contribution in [0.15, 0.2) is 75.6 Å². The number of pyridine rings is 1. The molecule has 3 nitrogen and oxygen atoms in total. The van der Waals surface area contributed by atoms with Gasteiger partial charge in [-0.3, -0.25) is 9.79 Å². The van der Waals surface area contributed by atoms with Gasteiger partial charge in [0, 0.05) is 35.9 Å². The van der Waals surface area contributed by atoms with Crippen molar-refractivity contribution in [1.29, 1.82) is 0 Å². The second-order valence-electron chi connectivity index (χ2n) is 8.78. The van der Waals surface area contributed by atoms with Gasteiger partial charge in [0.1, 0.15) is 5.54 Å². The van der Waals surface area contributed by atoms with Crippen LogP contribution < -0.4 is 5.56 Å². The monoisotopic (exact) mass is 398 g/mol. The molecule has 1 aromatic carbocycles. The van der Waals surface area contributed by atoms with E-state index in [4.69, 9.17) is 4.99 Å². The molecule has 1 aromatic heterocycles. The van der Waals surface area contributed by atoms with Gasteiger partial charge in [-0.2, -0.15) is 0 Å². The van der Waals surface area contributed by atoms with Gasteiger partial charge in [-0.05, 0) is 55.0 Å². The largest absolute Gasteiger partial charge is 0.326 e. The van der Waals surface area contributed by atoms with Gasteiger partial charge in [0.2, 0.25) is 5.56 Å². The lowest BCUT2D eigenvalue weighted by molar-refractivity contribution is 0.413. The Morgan fingerprint density at radius 3 is 2.63 bits per heavy atom. The van der Waals surface area contributed by atoms with Crippen LogP contribution in [0.25, 0.3) is 6.08 Å². The van der Waals surface area contributed by atoms with E-state index in [0.29, 0.717) is 11.8 Å². The predicted octanol–water partition coefficient (Wildman–Crippen LogP) is 5.95. The number of rotatable bonds is 4. The molecule has 0 fully saturated rings. The minimum atomic E-state index is -0.429. The molecule has 2 aliphatic rings. The van der Waals surface area contributed by atoms with Crippen molar-refractivity contribution in [1.82, 2.24) is 4.98 Å². The van der Waals surface area contributed by atoms with E-state index in [1.54, 1.807) is 6.07 Å². The minimum Gasteiger partial charge on any atom is -0.326 e. The van der Waals surface area contributed by atoms with Gasteiger partial charge in [0.25, 0.3) is 0 Å². The number of hydrogen-bond donors (Lipinski definition) is 1. The van der Waals surface area contributed by atoms with Crippen LogP contribution in [0.1, 0.15) is 62.4 Å². The zero-order valence-electron chi connectivity index (χ0n) is 18.3. The standard InChI is InChI=1S/C27H30N2O/c1-5-23-22-15-19(4)17-27(23,24-12-13-26(30)29-25(24)16-22)28-14-6-7-20-8-10-21(11-9-20)18(2)3/h5-15,18,22H,16-17H2,1-4H3,(H,29,30)/t22-,27+/m0/s1. The first-order valence-corrected chi connectivity index (χ1v) is 10.8. The average molecular weight is 399 g/mol. The van der Waals surface area contributed by atoms with Crippen LogP contribution in [0.2, 0.25) is 0 Å². The Labute approximate surface area is 179 Å². The molecule has 2 atom stereocenters. The molecule has 0 spiro atoms. The van der Waals surface area contributed by atoms with Crippen molar-refractivity contribution in [2.45, 2.75) is 52.0 Å². The number of benzene rings is 1. The van der Waals surface area contributed by atoms with Crippen molar-refractivity contribution in [3.05, 3.63) is 98.5 Å². The molecule has 30 heavy (non-hydrogen) atoms. The number of aromatic amines is 1. The Hall–Kier alpha value is -2.94. The van der Waals surface area contributed by atoms with Crippen molar-refractivity contribution in [2.75, 3.05) is 0 Å². The number of fused-ring (bicyclic) bond motifs is 4. The van der Waals surface area contributed by atoms with Crippen molar-refractivity contribution in [2.24, 2.45) is 10.9 Å². The molecule has 0 saturated heterocycles. The van der Waals surface area contributed by atoms with Gasteiger partial charge in [-0.1, -0.05) is 61.9 Å². The van der Waals surface area contributed by atoms with E-state index in [0.717, 1.165) is 24.1 Å². The molecule has 2 aliphatic carbocycles. The molecule has 2 bridgehead atoms. The maximum atomic E-state index is 11.9. The van der Waals surface area contributed by atoms with E-state index in [1.165, 1.54) is 22.3 Å². The lowest BCUT2D eigenvalue weighted by Gasteiger charge is -2.45. The minimum absolute atomic E-state index is 0.0414. The summed E-state index contributed by atoms with van der Waals surface area (Å²) in [6.07, 6.45) is 12.3. The van der Waals surface area contributed by atoms with Crippen LogP contribution >= 0.6 is 0 Å². The topological polar surface area (TPSA) is 45.2 Å². The third-order valence-corrected chi connectivity index (χ3v) is 6.35. The molecule has 0 unspecified atom stereocenters. The summed E-state index contributed by atoms with van der Waals surface area (Å²) >= 11 is 0. The molecule has 0 aliphatic heterocycles. The fourth-order valence-electron chi connectivity index (χ4n) is 4.97. The van der Waals surface area contributed by atoms with E-state index in [2.05, 4.69) is 75.2 Å². The molecular weight excluding hydrogens is 368 g/mol. The molecule has 154 valence electrons. The zero-order valence-corrected chi connectivity index (χ0v) is 18.3. The van der Waals surface area contributed by atoms with Crippen LogP contribution in [0.5, 0.6) is 0 Å². The van der Waals surface area contributed by atoms with Gasteiger partial charge >= 0.3 is 0 Å². The first-order chi connectivity index (χ1) is 14.4. The second-order valence-corrected chi connectivity index (χ2v) is 8.78. The molecule has 3 heteroatoms. The number of allylic oxidation sites excluding steroid dienone is 3. The lowest BCUT2D eigenvalue weighted by Crippen LogP contribution is -2.40. The number of nitrogens with one attached hydrogen (secondary N) is 1. The first-order valence-electron chi connectivity index (χ1n) is 10.8. The second kappa shape index (κ2) is 8.06.